The predicted molar refractivity (Wildman–Crippen MR) is 98.6 cm³/mol. The van der Waals surface area contributed by atoms with Crippen molar-refractivity contribution in [2.45, 2.75) is 17.9 Å². The number of halogens is 3. The molecular weight excluding hydrogens is 391 g/mol. The van der Waals surface area contributed by atoms with Gasteiger partial charge in [0.1, 0.15) is 6.54 Å². The van der Waals surface area contributed by atoms with Crippen molar-refractivity contribution in [3.05, 3.63) is 60.4 Å². The Labute approximate surface area is 163 Å². The Bertz CT molecular complexity index is 916. The number of aromatic nitrogens is 4. The molecule has 0 saturated heterocycles. The van der Waals surface area contributed by atoms with Crippen molar-refractivity contribution in [2.24, 2.45) is 0 Å². The quantitative estimate of drug-likeness (QED) is 0.609. The molecule has 146 valence electrons. The largest absolute Gasteiger partial charge is 0.405 e. The molecule has 0 atom stereocenters. The van der Waals surface area contributed by atoms with Gasteiger partial charge in [-0.2, -0.15) is 13.2 Å². The summed E-state index contributed by atoms with van der Waals surface area (Å²) in [4.78, 5) is 15.7. The minimum atomic E-state index is -4.44. The molecule has 0 aliphatic carbocycles. The van der Waals surface area contributed by atoms with Gasteiger partial charge in [-0.15, -0.1) is 10.2 Å². The minimum Gasteiger partial charge on any atom is -0.346 e. The minimum absolute atomic E-state index is 0.195. The molecule has 0 aliphatic heterocycles. The Morgan fingerprint density at radius 1 is 1.07 bits per heavy atom. The van der Waals surface area contributed by atoms with E-state index in [1.165, 1.54) is 0 Å². The van der Waals surface area contributed by atoms with E-state index >= 15 is 0 Å². The molecule has 3 rings (SSSR count). The van der Waals surface area contributed by atoms with Gasteiger partial charge in [0.05, 0.1) is 12.3 Å². The maximum atomic E-state index is 12.2. The summed E-state index contributed by atoms with van der Waals surface area (Å²) < 4.78 is 38.5. The average molecular weight is 407 g/mol. The van der Waals surface area contributed by atoms with Gasteiger partial charge in [0, 0.05) is 18.0 Å². The van der Waals surface area contributed by atoms with Crippen molar-refractivity contribution >= 4 is 17.7 Å². The van der Waals surface area contributed by atoms with Crippen LogP contribution in [0.15, 0.2) is 60.0 Å². The number of amides is 1. The third-order valence-corrected chi connectivity index (χ3v) is 4.62. The predicted octanol–water partition coefficient (Wildman–Crippen LogP) is 3.16. The zero-order valence-corrected chi connectivity index (χ0v) is 15.4. The van der Waals surface area contributed by atoms with E-state index in [0.29, 0.717) is 17.5 Å². The Hall–Kier alpha value is -2.88. The van der Waals surface area contributed by atoms with E-state index in [2.05, 4.69) is 15.2 Å². The molecule has 0 saturated carbocycles. The van der Waals surface area contributed by atoms with Crippen LogP contribution >= 0.6 is 11.8 Å². The number of thioether (sulfide) groups is 1. The van der Waals surface area contributed by atoms with Crippen molar-refractivity contribution < 1.29 is 18.0 Å². The topological polar surface area (TPSA) is 72.7 Å². The van der Waals surface area contributed by atoms with Gasteiger partial charge in [0.2, 0.25) is 5.91 Å². The molecule has 1 N–H and O–H groups in total. The van der Waals surface area contributed by atoms with Gasteiger partial charge in [0.25, 0.3) is 0 Å². The highest BCUT2D eigenvalue weighted by atomic mass is 32.2. The maximum absolute atomic E-state index is 12.2. The zero-order chi connectivity index (χ0) is 20.0. The van der Waals surface area contributed by atoms with E-state index in [4.69, 9.17) is 0 Å². The van der Waals surface area contributed by atoms with E-state index in [1.807, 2.05) is 40.2 Å². The van der Waals surface area contributed by atoms with Gasteiger partial charge >= 0.3 is 6.18 Å². The molecule has 0 unspecified atom stereocenters. The number of nitrogens with one attached hydrogen (secondary N) is 1. The van der Waals surface area contributed by atoms with Crippen LogP contribution in [0.5, 0.6) is 0 Å². The van der Waals surface area contributed by atoms with Crippen LogP contribution in [0.2, 0.25) is 0 Å². The average Bonchev–Trinajstić information content (AvgIpc) is 3.08. The van der Waals surface area contributed by atoms with Crippen LogP contribution in [0.3, 0.4) is 0 Å². The van der Waals surface area contributed by atoms with Crippen LogP contribution in [-0.2, 0) is 11.3 Å². The van der Waals surface area contributed by atoms with E-state index in [0.717, 1.165) is 22.9 Å². The number of carbonyl (C=O) groups is 1. The van der Waals surface area contributed by atoms with Crippen LogP contribution in [0.25, 0.3) is 11.4 Å². The summed E-state index contributed by atoms with van der Waals surface area (Å²) in [5.74, 6) is -0.328. The summed E-state index contributed by atoms with van der Waals surface area (Å²) in [6.07, 6.45) is -1.18. The molecule has 6 nitrogen and oxygen atoms in total. The highest BCUT2D eigenvalue weighted by Gasteiger charge is 2.27. The van der Waals surface area contributed by atoms with Gasteiger partial charge in [-0.05, 0) is 17.7 Å². The van der Waals surface area contributed by atoms with E-state index < -0.39 is 18.6 Å². The van der Waals surface area contributed by atoms with Crippen LogP contribution in [0.4, 0.5) is 13.2 Å². The molecule has 0 spiro atoms. The summed E-state index contributed by atoms with van der Waals surface area (Å²) in [5, 5.41) is 10.6. The van der Waals surface area contributed by atoms with Crippen molar-refractivity contribution in [1.82, 2.24) is 25.1 Å². The first-order chi connectivity index (χ1) is 13.4. The monoisotopic (exact) mass is 407 g/mol. The molecule has 0 bridgehead atoms. The number of pyridine rings is 1. The van der Waals surface area contributed by atoms with Crippen molar-refractivity contribution in [3.63, 3.8) is 0 Å². The first-order valence-electron chi connectivity index (χ1n) is 8.26. The molecule has 0 radical (unpaired) electrons. The van der Waals surface area contributed by atoms with Gasteiger partial charge in [-0.25, -0.2) is 0 Å². The van der Waals surface area contributed by atoms with Crippen LogP contribution in [0, 0.1) is 0 Å². The van der Waals surface area contributed by atoms with Crippen molar-refractivity contribution in [3.8, 4) is 11.4 Å². The molecule has 0 aliphatic rings. The third kappa shape index (κ3) is 5.56. The third-order valence-electron chi connectivity index (χ3n) is 3.66. The second-order valence-corrected chi connectivity index (χ2v) is 6.74. The highest BCUT2D eigenvalue weighted by molar-refractivity contribution is 7.99. The fourth-order valence-electron chi connectivity index (χ4n) is 2.40. The summed E-state index contributed by atoms with van der Waals surface area (Å²) in [6, 6.07) is 13.2. The summed E-state index contributed by atoms with van der Waals surface area (Å²) in [7, 11) is 0. The van der Waals surface area contributed by atoms with Gasteiger partial charge < -0.3 is 5.32 Å². The Morgan fingerprint density at radius 2 is 1.79 bits per heavy atom. The Kier molecular flexibility index (Phi) is 6.30. The van der Waals surface area contributed by atoms with Crippen molar-refractivity contribution in [2.75, 3.05) is 12.3 Å². The number of alkyl halides is 3. The lowest BCUT2D eigenvalue weighted by molar-refractivity contribution is -0.136. The lowest BCUT2D eigenvalue weighted by Gasteiger charge is -2.11. The fraction of sp³-hybridized carbons (Fsp3) is 0.222. The maximum Gasteiger partial charge on any atom is 0.405 e. The molecule has 28 heavy (non-hydrogen) atoms. The summed E-state index contributed by atoms with van der Waals surface area (Å²) >= 11 is 1.03. The molecule has 10 heteroatoms. The smallest absolute Gasteiger partial charge is 0.346 e. The molecule has 0 fully saturated rings. The van der Waals surface area contributed by atoms with E-state index in [1.54, 1.807) is 24.5 Å². The zero-order valence-electron chi connectivity index (χ0n) is 14.6. The van der Waals surface area contributed by atoms with Gasteiger partial charge in [0.15, 0.2) is 11.0 Å². The molecule has 1 aromatic carbocycles. The number of rotatable bonds is 7. The molecule has 2 heterocycles. The molecule has 3 aromatic rings. The van der Waals surface area contributed by atoms with Gasteiger partial charge in [-0.1, -0.05) is 42.1 Å². The number of nitrogens with zero attached hydrogens (tertiary/aromatic N) is 4. The number of hydrogen-bond donors (Lipinski definition) is 1. The van der Waals surface area contributed by atoms with Crippen LogP contribution < -0.4 is 5.32 Å². The van der Waals surface area contributed by atoms with Crippen LogP contribution in [0.1, 0.15) is 5.56 Å². The SMILES string of the molecule is O=C(CSc1nnc(-c2ccncc2)n1Cc1ccccc1)NCC(F)(F)F. The molecular formula is C18H16F3N5OS. The Balaban J connectivity index is 1.79. The van der Waals surface area contributed by atoms with Gasteiger partial charge in [-0.3, -0.25) is 14.3 Å². The Morgan fingerprint density at radius 3 is 2.46 bits per heavy atom. The lowest BCUT2D eigenvalue weighted by Crippen LogP contribution is -2.34. The standard InChI is InChI=1S/C18H16F3N5OS/c19-18(20,21)12-23-15(27)11-28-17-25-24-16(14-6-8-22-9-7-14)26(17)10-13-4-2-1-3-5-13/h1-9H,10-12H2,(H,23,27). The second-order valence-electron chi connectivity index (χ2n) is 5.79. The molecule has 1 amide bonds. The van der Waals surface area contributed by atoms with Crippen LogP contribution in [-0.4, -0.2) is 44.1 Å². The first-order valence-corrected chi connectivity index (χ1v) is 9.25. The highest BCUT2D eigenvalue weighted by Crippen LogP contribution is 2.25. The first kappa shape index (κ1) is 19.9. The number of benzene rings is 1. The second kappa shape index (κ2) is 8.87. The normalized spacial score (nSPS) is 11.4. The van der Waals surface area contributed by atoms with E-state index in [-0.39, 0.29) is 5.75 Å². The number of carbonyl (C=O) groups excluding carboxylic acids is 1. The van der Waals surface area contributed by atoms with Crippen molar-refractivity contribution in [1.29, 1.82) is 0 Å². The summed E-state index contributed by atoms with van der Waals surface area (Å²) in [6.45, 7) is -0.899. The van der Waals surface area contributed by atoms with E-state index in [9.17, 15) is 18.0 Å². The summed E-state index contributed by atoms with van der Waals surface area (Å²) in [5.41, 5.74) is 1.80. The lowest BCUT2D eigenvalue weighted by atomic mass is 10.2. The fourth-order valence-corrected chi connectivity index (χ4v) is 3.17. The number of hydrogen-bond acceptors (Lipinski definition) is 5. The molecule has 2 aromatic heterocycles.